The lowest BCUT2D eigenvalue weighted by Crippen LogP contribution is -2.43. The lowest BCUT2D eigenvalue weighted by Gasteiger charge is -2.23. The first-order valence-corrected chi connectivity index (χ1v) is 10.8. The van der Waals surface area contributed by atoms with Crippen molar-refractivity contribution in [3.05, 3.63) is 47.8 Å². The van der Waals surface area contributed by atoms with Gasteiger partial charge < -0.3 is 14.6 Å². The molecule has 3 rings (SSSR count). The number of aromatic nitrogens is 1. The van der Waals surface area contributed by atoms with Crippen LogP contribution in [-0.2, 0) is 26.6 Å². The summed E-state index contributed by atoms with van der Waals surface area (Å²) in [6.07, 6.45) is 2.25. The number of ether oxygens (including phenoxy) is 1. The molecule has 160 valence electrons. The predicted molar refractivity (Wildman–Crippen MR) is 109 cm³/mol. The molecule has 1 unspecified atom stereocenters. The quantitative estimate of drug-likeness (QED) is 0.549. The zero-order valence-electron chi connectivity index (χ0n) is 16.9. The molecule has 2 aromatic rings. The Morgan fingerprint density at radius 2 is 1.83 bits per heavy atom. The summed E-state index contributed by atoms with van der Waals surface area (Å²) in [5, 5.41) is 2.71. The van der Waals surface area contributed by atoms with E-state index in [9.17, 15) is 22.8 Å². The van der Waals surface area contributed by atoms with E-state index in [4.69, 9.17) is 0 Å². The lowest BCUT2D eigenvalue weighted by molar-refractivity contribution is -0.119. The van der Waals surface area contributed by atoms with Gasteiger partial charge in [-0.2, -0.15) is 4.31 Å². The fourth-order valence-corrected chi connectivity index (χ4v) is 5.15. The summed E-state index contributed by atoms with van der Waals surface area (Å²) in [6.45, 7) is 1.65. The molecule has 1 aromatic heterocycles. The van der Waals surface area contributed by atoms with Crippen LogP contribution in [0.4, 0.5) is 5.69 Å². The summed E-state index contributed by atoms with van der Waals surface area (Å²) in [5.74, 6) is -1.19. The summed E-state index contributed by atoms with van der Waals surface area (Å²) in [7, 11) is -1.23. The average Bonchev–Trinajstić information content (AvgIpc) is 3.35. The maximum Gasteiger partial charge on any atom is 0.354 e. The predicted octanol–water partition coefficient (Wildman–Crippen LogP) is 1.81. The van der Waals surface area contributed by atoms with Gasteiger partial charge in [-0.25, -0.2) is 13.2 Å². The third-order valence-corrected chi connectivity index (χ3v) is 6.92. The number of Topliss-reactive ketones (excluding diaryl/α,β-unsaturated/α-hetero) is 1. The minimum absolute atomic E-state index is 0.0732. The molecule has 2 heterocycles. The number of ketones is 1. The molecule has 1 atom stereocenters. The molecule has 1 amide bonds. The Bertz CT molecular complexity index is 1090. The van der Waals surface area contributed by atoms with Crippen LogP contribution in [0, 0.1) is 0 Å². The van der Waals surface area contributed by atoms with Crippen LogP contribution in [0.5, 0.6) is 0 Å². The highest BCUT2D eigenvalue weighted by Crippen LogP contribution is 2.28. The number of carbonyl (C=O) groups is 3. The summed E-state index contributed by atoms with van der Waals surface area (Å²) >= 11 is 0. The summed E-state index contributed by atoms with van der Waals surface area (Å²) in [4.78, 5) is 35.9. The van der Waals surface area contributed by atoms with E-state index in [-0.39, 0.29) is 22.9 Å². The molecule has 0 radical (unpaired) electrons. The SMILES string of the molecule is COC(=O)c1cc(S(=O)(=O)N2CCCC2C(=O)Nc2ccc(C(C)=O)cc2)cn1C. The fourth-order valence-electron chi connectivity index (χ4n) is 3.42. The number of nitrogens with zero attached hydrogens (tertiary/aromatic N) is 2. The molecule has 10 heteroatoms. The highest BCUT2D eigenvalue weighted by molar-refractivity contribution is 7.89. The molecule has 1 aromatic carbocycles. The van der Waals surface area contributed by atoms with Gasteiger partial charge >= 0.3 is 5.97 Å². The van der Waals surface area contributed by atoms with Gasteiger partial charge in [-0.15, -0.1) is 0 Å². The smallest absolute Gasteiger partial charge is 0.354 e. The van der Waals surface area contributed by atoms with Crippen molar-refractivity contribution in [1.29, 1.82) is 0 Å². The van der Waals surface area contributed by atoms with Crippen molar-refractivity contribution in [2.45, 2.75) is 30.7 Å². The summed E-state index contributed by atoms with van der Waals surface area (Å²) in [5.41, 5.74) is 1.09. The van der Waals surface area contributed by atoms with Crippen molar-refractivity contribution in [3.8, 4) is 0 Å². The van der Waals surface area contributed by atoms with Gasteiger partial charge in [-0.1, -0.05) is 0 Å². The van der Waals surface area contributed by atoms with Crippen LogP contribution in [-0.4, -0.2) is 54.6 Å². The number of rotatable bonds is 6. The number of methoxy groups -OCH3 is 1. The normalized spacial score (nSPS) is 17.0. The largest absolute Gasteiger partial charge is 0.464 e. The zero-order valence-corrected chi connectivity index (χ0v) is 17.7. The second kappa shape index (κ2) is 8.41. The van der Waals surface area contributed by atoms with Gasteiger partial charge in [0.2, 0.25) is 15.9 Å². The third kappa shape index (κ3) is 4.14. The Morgan fingerprint density at radius 3 is 2.43 bits per heavy atom. The molecule has 0 bridgehead atoms. The highest BCUT2D eigenvalue weighted by atomic mass is 32.2. The van der Waals surface area contributed by atoms with Crippen LogP contribution in [0.15, 0.2) is 41.4 Å². The molecule has 1 N–H and O–H groups in total. The van der Waals surface area contributed by atoms with Crippen LogP contribution in [0.1, 0.15) is 40.6 Å². The molecule has 0 aliphatic carbocycles. The maximum atomic E-state index is 13.1. The van der Waals surface area contributed by atoms with E-state index in [0.717, 1.165) is 4.31 Å². The summed E-state index contributed by atoms with van der Waals surface area (Å²) < 4.78 is 33.5. The van der Waals surface area contributed by atoms with Gasteiger partial charge in [0.1, 0.15) is 16.6 Å². The molecule has 0 spiro atoms. The minimum Gasteiger partial charge on any atom is -0.464 e. The molecule has 1 aliphatic rings. The van der Waals surface area contributed by atoms with Gasteiger partial charge in [0.05, 0.1) is 7.11 Å². The van der Waals surface area contributed by atoms with Gasteiger partial charge in [0.15, 0.2) is 5.78 Å². The number of carbonyl (C=O) groups excluding carboxylic acids is 3. The molecular formula is C20H23N3O6S. The maximum absolute atomic E-state index is 13.1. The standard InChI is InChI=1S/C20H23N3O6S/c1-13(24)14-6-8-15(9-7-14)21-19(25)17-5-4-10-23(17)30(27,28)16-11-18(20(26)29-3)22(2)12-16/h6-9,11-12,17H,4-5,10H2,1-3H3,(H,21,25). The number of benzene rings is 1. The van der Waals surface area contributed by atoms with Gasteiger partial charge in [-0.3, -0.25) is 9.59 Å². The molecular weight excluding hydrogens is 410 g/mol. The fraction of sp³-hybridized carbons (Fsp3) is 0.350. The number of nitrogens with one attached hydrogen (secondary N) is 1. The van der Waals surface area contributed by atoms with Crippen molar-refractivity contribution in [2.75, 3.05) is 19.0 Å². The van der Waals surface area contributed by atoms with E-state index < -0.39 is 27.9 Å². The molecule has 30 heavy (non-hydrogen) atoms. The second-order valence-electron chi connectivity index (χ2n) is 7.06. The van der Waals surface area contributed by atoms with E-state index in [1.165, 1.54) is 30.9 Å². The van der Waals surface area contributed by atoms with Gasteiger partial charge in [-0.05, 0) is 50.1 Å². The number of esters is 1. The van der Waals surface area contributed by atoms with E-state index in [1.54, 1.807) is 31.3 Å². The monoisotopic (exact) mass is 433 g/mol. The van der Waals surface area contributed by atoms with Crippen molar-refractivity contribution in [2.24, 2.45) is 7.05 Å². The highest BCUT2D eigenvalue weighted by Gasteiger charge is 2.40. The van der Waals surface area contributed by atoms with E-state index in [1.807, 2.05) is 0 Å². The number of amides is 1. The van der Waals surface area contributed by atoms with Crippen LogP contribution in [0.2, 0.25) is 0 Å². The second-order valence-corrected chi connectivity index (χ2v) is 8.95. The van der Waals surface area contributed by atoms with Crippen molar-refractivity contribution < 1.29 is 27.5 Å². The summed E-state index contributed by atoms with van der Waals surface area (Å²) in [6, 6.07) is 6.77. The van der Waals surface area contributed by atoms with Crippen LogP contribution < -0.4 is 5.32 Å². The molecule has 1 fully saturated rings. The Kier molecular flexibility index (Phi) is 6.09. The molecule has 9 nitrogen and oxygen atoms in total. The van der Waals surface area contributed by atoms with Crippen molar-refractivity contribution in [1.82, 2.24) is 8.87 Å². The number of anilines is 1. The van der Waals surface area contributed by atoms with Crippen molar-refractivity contribution >= 4 is 33.4 Å². The zero-order chi connectivity index (χ0) is 22.1. The number of hydrogen-bond donors (Lipinski definition) is 1. The van der Waals surface area contributed by atoms with E-state index >= 15 is 0 Å². The minimum atomic E-state index is -3.99. The Hall–Kier alpha value is -2.98. The molecule has 1 saturated heterocycles. The van der Waals surface area contributed by atoms with Gasteiger partial charge in [0, 0.05) is 31.0 Å². The first-order valence-electron chi connectivity index (χ1n) is 9.33. The van der Waals surface area contributed by atoms with Gasteiger partial charge in [0.25, 0.3) is 0 Å². The Labute approximate surface area is 174 Å². The van der Waals surface area contributed by atoms with Crippen LogP contribution in [0.3, 0.4) is 0 Å². The third-order valence-electron chi connectivity index (χ3n) is 5.05. The topological polar surface area (TPSA) is 115 Å². The van der Waals surface area contributed by atoms with Crippen molar-refractivity contribution in [3.63, 3.8) is 0 Å². The number of hydrogen-bond acceptors (Lipinski definition) is 6. The Balaban J connectivity index is 1.81. The first-order chi connectivity index (χ1) is 14.1. The van der Waals surface area contributed by atoms with Crippen LogP contribution in [0.25, 0.3) is 0 Å². The number of sulfonamides is 1. The first kappa shape index (κ1) is 21.7. The number of aryl methyl sites for hydroxylation is 1. The van der Waals surface area contributed by atoms with E-state index in [2.05, 4.69) is 10.1 Å². The van der Waals surface area contributed by atoms with Crippen LogP contribution >= 0.6 is 0 Å². The average molecular weight is 433 g/mol. The van der Waals surface area contributed by atoms with E-state index in [0.29, 0.717) is 24.1 Å². The molecule has 0 saturated carbocycles. The Morgan fingerprint density at radius 1 is 1.17 bits per heavy atom. The molecule has 1 aliphatic heterocycles. The lowest BCUT2D eigenvalue weighted by atomic mass is 10.1.